The minimum absolute atomic E-state index is 0.0512. The molecule has 1 saturated carbocycles. The molecule has 1 fully saturated rings. The first-order valence-electron chi connectivity index (χ1n) is 8.74. The third-order valence-electron chi connectivity index (χ3n) is 4.88. The van der Waals surface area contributed by atoms with Crippen molar-refractivity contribution in [1.82, 2.24) is 5.32 Å². The Morgan fingerprint density at radius 1 is 1.30 bits per heavy atom. The number of ether oxygens (including phenoxy) is 1. The van der Waals surface area contributed by atoms with Crippen LogP contribution in [0, 0.1) is 17.8 Å². The molecule has 0 aliphatic heterocycles. The molecule has 1 unspecified atom stereocenters. The van der Waals surface area contributed by atoms with E-state index in [0.717, 1.165) is 30.5 Å². The van der Waals surface area contributed by atoms with Gasteiger partial charge in [0.25, 0.3) is 0 Å². The summed E-state index contributed by atoms with van der Waals surface area (Å²) in [6.07, 6.45) is 3.92. The molecular formula is C19H30N2O2. The van der Waals surface area contributed by atoms with E-state index < -0.39 is 0 Å². The number of carbonyl (C=O) groups is 1. The fourth-order valence-electron chi connectivity index (χ4n) is 3.42. The molecule has 1 aromatic carbocycles. The number of rotatable bonds is 5. The van der Waals surface area contributed by atoms with E-state index in [4.69, 9.17) is 10.5 Å². The first-order chi connectivity index (χ1) is 11.0. The maximum absolute atomic E-state index is 12.1. The van der Waals surface area contributed by atoms with Gasteiger partial charge in [0.2, 0.25) is 0 Å². The standard InChI is InChI=1S/C19H30N2O2/c1-13(2)17-9-4-14(3)12-18(17)23-19(22)21-11-10-15-5-7-16(20)8-6-15/h5-8,13-14,17-18H,4,9-12,20H2,1-3H3,(H,21,22)/t14-,17?,18-/m1/s1. The van der Waals surface area contributed by atoms with E-state index in [1.807, 2.05) is 24.3 Å². The van der Waals surface area contributed by atoms with Crippen LogP contribution >= 0.6 is 0 Å². The maximum atomic E-state index is 12.1. The van der Waals surface area contributed by atoms with Gasteiger partial charge in [0, 0.05) is 12.2 Å². The fourth-order valence-corrected chi connectivity index (χ4v) is 3.42. The Morgan fingerprint density at radius 3 is 2.65 bits per heavy atom. The normalized spacial score (nSPS) is 24.4. The van der Waals surface area contributed by atoms with E-state index in [2.05, 4.69) is 26.1 Å². The van der Waals surface area contributed by atoms with Gasteiger partial charge in [0.15, 0.2) is 0 Å². The molecule has 23 heavy (non-hydrogen) atoms. The lowest BCUT2D eigenvalue weighted by atomic mass is 9.75. The highest BCUT2D eigenvalue weighted by molar-refractivity contribution is 5.67. The predicted molar refractivity (Wildman–Crippen MR) is 94.2 cm³/mol. The van der Waals surface area contributed by atoms with E-state index in [1.54, 1.807) is 0 Å². The molecule has 3 N–H and O–H groups in total. The molecule has 0 bridgehead atoms. The van der Waals surface area contributed by atoms with Crippen LogP contribution < -0.4 is 11.1 Å². The number of nitrogens with one attached hydrogen (secondary N) is 1. The number of anilines is 1. The summed E-state index contributed by atoms with van der Waals surface area (Å²) in [6.45, 7) is 7.26. The van der Waals surface area contributed by atoms with E-state index >= 15 is 0 Å². The van der Waals surface area contributed by atoms with Crippen molar-refractivity contribution in [3.05, 3.63) is 29.8 Å². The van der Waals surface area contributed by atoms with Gasteiger partial charge in [0.1, 0.15) is 6.10 Å². The minimum atomic E-state index is -0.287. The van der Waals surface area contributed by atoms with Crippen LogP contribution in [0.25, 0.3) is 0 Å². The zero-order valence-electron chi connectivity index (χ0n) is 14.5. The van der Waals surface area contributed by atoms with E-state index in [-0.39, 0.29) is 12.2 Å². The summed E-state index contributed by atoms with van der Waals surface area (Å²) in [7, 11) is 0. The SMILES string of the molecule is CC(C)C1CC[C@@H](C)C[C@H]1OC(=O)NCCc1ccc(N)cc1. The highest BCUT2D eigenvalue weighted by Crippen LogP contribution is 2.35. The summed E-state index contributed by atoms with van der Waals surface area (Å²) in [6, 6.07) is 7.73. The van der Waals surface area contributed by atoms with Gasteiger partial charge in [-0.05, 0) is 54.7 Å². The molecule has 0 saturated heterocycles. The lowest BCUT2D eigenvalue weighted by Crippen LogP contribution is -2.39. The topological polar surface area (TPSA) is 64.3 Å². The van der Waals surface area contributed by atoms with Crippen molar-refractivity contribution in [3.63, 3.8) is 0 Å². The number of nitrogen functional groups attached to an aromatic ring is 1. The number of benzene rings is 1. The molecular weight excluding hydrogens is 288 g/mol. The second kappa shape index (κ2) is 8.23. The van der Waals surface area contributed by atoms with Gasteiger partial charge in [0.05, 0.1) is 0 Å². The molecule has 1 amide bonds. The number of carbonyl (C=O) groups excluding carboxylic acids is 1. The molecule has 0 aromatic heterocycles. The summed E-state index contributed by atoms with van der Waals surface area (Å²) in [5.41, 5.74) is 7.58. The van der Waals surface area contributed by atoms with Gasteiger partial charge in [-0.1, -0.05) is 39.3 Å². The number of hydrogen-bond donors (Lipinski definition) is 2. The van der Waals surface area contributed by atoms with Crippen molar-refractivity contribution in [1.29, 1.82) is 0 Å². The average molecular weight is 318 g/mol. The maximum Gasteiger partial charge on any atom is 0.407 e. The van der Waals surface area contributed by atoms with E-state index in [1.165, 1.54) is 6.42 Å². The van der Waals surface area contributed by atoms with Crippen LogP contribution in [0.15, 0.2) is 24.3 Å². The van der Waals surface area contributed by atoms with Crippen LogP contribution in [-0.4, -0.2) is 18.7 Å². The second-order valence-electron chi connectivity index (χ2n) is 7.19. The Hall–Kier alpha value is -1.71. The Bertz CT molecular complexity index is 499. The van der Waals surface area contributed by atoms with Crippen molar-refractivity contribution < 1.29 is 9.53 Å². The van der Waals surface area contributed by atoms with Gasteiger partial charge in [-0.2, -0.15) is 0 Å². The molecule has 4 heteroatoms. The van der Waals surface area contributed by atoms with E-state index in [0.29, 0.717) is 24.3 Å². The molecule has 2 rings (SSSR count). The van der Waals surface area contributed by atoms with Crippen LogP contribution in [0.5, 0.6) is 0 Å². The van der Waals surface area contributed by atoms with Gasteiger partial charge >= 0.3 is 6.09 Å². The smallest absolute Gasteiger partial charge is 0.407 e. The van der Waals surface area contributed by atoms with Crippen molar-refractivity contribution in [3.8, 4) is 0 Å². The van der Waals surface area contributed by atoms with Gasteiger partial charge < -0.3 is 15.8 Å². The lowest BCUT2D eigenvalue weighted by Gasteiger charge is -2.36. The Morgan fingerprint density at radius 2 is 2.00 bits per heavy atom. The largest absolute Gasteiger partial charge is 0.446 e. The first kappa shape index (κ1) is 17.6. The van der Waals surface area contributed by atoms with Crippen LogP contribution in [0.1, 0.15) is 45.6 Å². The molecule has 1 aliphatic carbocycles. The van der Waals surface area contributed by atoms with Crippen LogP contribution in [0.3, 0.4) is 0 Å². The third-order valence-corrected chi connectivity index (χ3v) is 4.88. The second-order valence-corrected chi connectivity index (χ2v) is 7.19. The van der Waals surface area contributed by atoms with Crippen LogP contribution in [-0.2, 0) is 11.2 Å². The van der Waals surface area contributed by atoms with Crippen LogP contribution in [0.4, 0.5) is 10.5 Å². The summed E-state index contributed by atoms with van der Waals surface area (Å²) in [5, 5.41) is 2.87. The lowest BCUT2D eigenvalue weighted by molar-refractivity contribution is 0.00631. The van der Waals surface area contributed by atoms with Crippen molar-refractivity contribution in [2.24, 2.45) is 17.8 Å². The molecule has 0 heterocycles. The molecule has 1 aromatic rings. The van der Waals surface area contributed by atoms with E-state index in [9.17, 15) is 4.79 Å². The minimum Gasteiger partial charge on any atom is -0.446 e. The predicted octanol–water partition coefficient (Wildman–Crippen LogP) is 4.00. The van der Waals surface area contributed by atoms with Crippen LogP contribution in [0.2, 0.25) is 0 Å². The highest BCUT2D eigenvalue weighted by atomic mass is 16.6. The van der Waals surface area contributed by atoms with Crippen molar-refractivity contribution in [2.45, 2.75) is 52.6 Å². The third kappa shape index (κ3) is 5.45. The summed E-state index contributed by atoms with van der Waals surface area (Å²) in [4.78, 5) is 12.1. The van der Waals surface area contributed by atoms with Gasteiger partial charge in [-0.3, -0.25) is 0 Å². The Kier molecular flexibility index (Phi) is 6.31. The Labute approximate surface area is 139 Å². The molecule has 1 aliphatic rings. The quantitative estimate of drug-likeness (QED) is 0.807. The van der Waals surface area contributed by atoms with Crippen molar-refractivity contribution in [2.75, 3.05) is 12.3 Å². The van der Waals surface area contributed by atoms with Crippen molar-refractivity contribution >= 4 is 11.8 Å². The molecule has 4 nitrogen and oxygen atoms in total. The summed E-state index contributed by atoms with van der Waals surface area (Å²) >= 11 is 0. The first-order valence-corrected chi connectivity index (χ1v) is 8.74. The van der Waals surface area contributed by atoms with Gasteiger partial charge in [-0.25, -0.2) is 4.79 Å². The van der Waals surface area contributed by atoms with Gasteiger partial charge in [-0.15, -0.1) is 0 Å². The number of alkyl carbamates (subject to hydrolysis) is 1. The average Bonchev–Trinajstić information content (AvgIpc) is 2.49. The molecule has 128 valence electrons. The Balaban J connectivity index is 1.77. The number of nitrogens with two attached hydrogens (primary N) is 1. The zero-order valence-corrected chi connectivity index (χ0v) is 14.5. The molecule has 0 spiro atoms. The highest BCUT2D eigenvalue weighted by Gasteiger charge is 2.33. The molecule has 3 atom stereocenters. The fraction of sp³-hybridized carbons (Fsp3) is 0.632. The number of amides is 1. The molecule has 0 radical (unpaired) electrons. The summed E-state index contributed by atoms with van der Waals surface area (Å²) in [5.74, 6) is 1.67. The number of hydrogen-bond acceptors (Lipinski definition) is 3. The summed E-state index contributed by atoms with van der Waals surface area (Å²) < 4.78 is 5.72. The monoisotopic (exact) mass is 318 g/mol. The zero-order chi connectivity index (χ0) is 16.8.